The fourth-order valence-electron chi connectivity index (χ4n) is 2.68. The van der Waals surface area contributed by atoms with Crippen molar-refractivity contribution in [1.82, 2.24) is 4.57 Å². The van der Waals surface area contributed by atoms with Crippen molar-refractivity contribution in [2.45, 2.75) is 19.4 Å². The fourth-order valence-corrected chi connectivity index (χ4v) is 3.08. The molecule has 0 atom stereocenters. The van der Waals surface area contributed by atoms with E-state index in [2.05, 4.69) is 22.0 Å². The second-order valence-corrected chi connectivity index (χ2v) is 5.71. The van der Waals surface area contributed by atoms with Gasteiger partial charge in [-0.2, -0.15) is 0 Å². The smallest absolute Gasteiger partial charge is 0.258 e. The van der Waals surface area contributed by atoms with E-state index in [0.29, 0.717) is 0 Å². The molecule has 0 aliphatic rings. The van der Waals surface area contributed by atoms with Crippen LogP contribution in [0.15, 0.2) is 53.3 Å². The number of halogens is 1. The van der Waals surface area contributed by atoms with Crippen LogP contribution in [0.5, 0.6) is 0 Å². The second kappa shape index (κ2) is 5.80. The summed E-state index contributed by atoms with van der Waals surface area (Å²) in [5.41, 5.74) is 1.15. The molecule has 0 amide bonds. The molecule has 2 aromatic carbocycles. The van der Waals surface area contributed by atoms with Gasteiger partial charge >= 0.3 is 0 Å². The standard InChI is InChI=1S/C17H16BrNO/c18-11-5-6-12-19-16-10-4-3-8-14(16)13-7-1-2-9-15(13)17(19)20/h1-4,7-10H,5-6,11-12H2. The maximum atomic E-state index is 12.7. The molecule has 3 rings (SSSR count). The topological polar surface area (TPSA) is 22.0 Å². The lowest BCUT2D eigenvalue weighted by atomic mass is 10.1. The highest BCUT2D eigenvalue weighted by atomic mass is 79.9. The van der Waals surface area contributed by atoms with E-state index in [1.807, 2.05) is 47.0 Å². The predicted octanol–water partition coefficient (Wildman–Crippen LogP) is 4.33. The van der Waals surface area contributed by atoms with Gasteiger partial charge in [0.1, 0.15) is 0 Å². The van der Waals surface area contributed by atoms with Crippen LogP contribution in [0.3, 0.4) is 0 Å². The first-order chi connectivity index (χ1) is 9.83. The van der Waals surface area contributed by atoms with Gasteiger partial charge in [0.15, 0.2) is 0 Å². The van der Waals surface area contributed by atoms with Crippen LogP contribution in [-0.4, -0.2) is 9.90 Å². The zero-order chi connectivity index (χ0) is 13.9. The first-order valence-electron chi connectivity index (χ1n) is 6.89. The number of benzene rings is 2. The van der Waals surface area contributed by atoms with E-state index in [1.165, 1.54) is 0 Å². The van der Waals surface area contributed by atoms with Gasteiger partial charge in [0.25, 0.3) is 5.56 Å². The highest BCUT2D eigenvalue weighted by Crippen LogP contribution is 2.22. The molecule has 0 spiro atoms. The molecule has 20 heavy (non-hydrogen) atoms. The molecule has 0 unspecified atom stereocenters. The largest absolute Gasteiger partial charge is 0.308 e. The highest BCUT2D eigenvalue weighted by Gasteiger charge is 2.09. The maximum absolute atomic E-state index is 12.7. The van der Waals surface area contributed by atoms with Gasteiger partial charge < -0.3 is 4.57 Å². The summed E-state index contributed by atoms with van der Waals surface area (Å²) in [5.74, 6) is 0. The summed E-state index contributed by atoms with van der Waals surface area (Å²) in [5, 5.41) is 3.99. The molecule has 0 radical (unpaired) electrons. The minimum atomic E-state index is 0.119. The minimum absolute atomic E-state index is 0.119. The van der Waals surface area contributed by atoms with E-state index in [0.717, 1.165) is 46.4 Å². The molecule has 3 aromatic rings. The number of pyridine rings is 1. The first-order valence-corrected chi connectivity index (χ1v) is 8.01. The number of hydrogen-bond donors (Lipinski definition) is 0. The summed E-state index contributed by atoms with van der Waals surface area (Å²) < 4.78 is 1.92. The Balaban J connectivity index is 2.30. The number of unbranched alkanes of at least 4 members (excludes halogenated alkanes) is 1. The predicted molar refractivity (Wildman–Crippen MR) is 88.7 cm³/mol. The average Bonchev–Trinajstić information content (AvgIpc) is 2.51. The summed E-state index contributed by atoms with van der Waals surface area (Å²) in [6, 6.07) is 16.0. The van der Waals surface area contributed by atoms with Gasteiger partial charge in [-0.1, -0.05) is 52.3 Å². The average molecular weight is 330 g/mol. The molecule has 0 fully saturated rings. The molecule has 0 aliphatic carbocycles. The Kier molecular flexibility index (Phi) is 3.88. The number of aryl methyl sites for hydroxylation is 1. The summed E-state index contributed by atoms with van der Waals surface area (Å²) in [7, 11) is 0. The van der Waals surface area contributed by atoms with E-state index in [9.17, 15) is 4.79 Å². The van der Waals surface area contributed by atoms with E-state index in [1.54, 1.807) is 0 Å². The Morgan fingerprint density at radius 2 is 1.50 bits per heavy atom. The summed E-state index contributed by atoms with van der Waals surface area (Å²) in [4.78, 5) is 12.7. The third kappa shape index (κ3) is 2.27. The Hall–Kier alpha value is -1.61. The van der Waals surface area contributed by atoms with Crippen LogP contribution < -0.4 is 5.56 Å². The SMILES string of the molecule is O=c1c2ccccc2c2ccccc2n1CCCCBr. The number of nitrogens with zero attached hydrogens (tertiary/aromatic N) is 1. The normalized spacial score (nSPS) is 11.2. The van der Waals surface area contributed by atoms with Gasteiger partial charge in [-0.25, -0.2) is 0 Å². The van der Waals surface area contributed by atoms with E-state index in [-0.39, 0.29) is 5.56 Å². The molecule has 102 valence electrons. The Morgan fingerprint density at radius 1 is 0.850 bits per heavy atom. The van der Waals surface area contributed by atoms with E-state index < -0.39 is 0 Å². The number of alkyl halides is 1. The number of para-hydroxylation sites is 1. The van der Waals surface area contributed by atoms with Gasteiger partial charge in [-0.15, -0.1) is 0 Å². The van der Waals surface area contributed by atoms with Gasteiger partial charge in [0.05, 0.1) is 5.52 Å². The Labute approximate surface area is 126 Å². The molecule has 0 saturated heterocycles. The molecular weight excluding hydrogens is 314 g/mol. The zero-order valence-electron chi connectivity index (χ0n) is 11.2. The van der Waals surface area contributed by atoms with Crippen LogP contribution in [0.2, 0.25) is 0 Å². The van der Waals surface area contributed by atoms with Crippen LogP contribution in [0.1, 0.15) is 12.8 Å². The highest BCUT2D eigenvalue weighted by molar-refractivity contribution is 9.09. The third-order valence-electron chi connectivity index (χ3n) is 3.65. The summed E-state index contributed by atoms with van der Waals surface area (Å²) >= 11 is 3.44. The quantitative estimate of drug-likeness (QED) is 0.396. The molecule has 3 heteroatoms. The summed E-state index contributed by atoms with van der Waals surface area (Å²) in [6.07, 6.45) is 2.08. The molecule has 0 saturated carbocycles. The van der Waals surface area contributed by atoms with Gasteiger partial charge in [-0.3, -0.25) is 4.79 Å². The van der Waals surface area contributed by atoms with Gasteiger partial charge in [0.2, 0.25) is 0 Å². The maximum Gasteiger partial charge on any atom is 0.258 e. The van der Waals surface area contributed by atoms with Crippen molar-refractivity contribution in [3.05, 3.63) is 58.9 Å². The first kappa shape index (κ1) is 13.4. The fraction of sp³-hybridized carbons (Fsp3) is 0.235. The van der Waals surface area contributed by atoms with Crippen LogP contribution in [0, 0.1) is 0 Å². The van der Waals surface area contributed by atoms with Crippen LogP contribution in [-0.2, 0) is 6.54 Å². The molecule has 1 heterocycles. The molecule has 1 aromatic heterocycles. The molecule has 2 nitrogen and oxygen atoms in total. The van der Waals surface area contributed by atoms with Crippen molar-refractivity contribution < 1.29 is 0 Å². The third-order valence-corrected chi connectivity index (χ3v) is 4.21. The molecule has 0 bridgehead atoms. The van der Waals surface area contributed by atoms with Gasteiger partial charge in [0, 0.05) is 22.6 Å². The molecular formula is C17H16BrNO. The number of hydrogen-bond acceptors (Lipinski definition) is 1. The van der Waals surface area contributed by atoms with Crippen LogP contribution >= 0.6 is 15.9 Å². The molecule has 0 aliphatic heterocycles. The monoisotopic (exact) mass is 329 g/mol. The number of fused-ring (bicyclic) bond motifs is 3. The lowest BCUT2D eigenvalue weighted by Crippen LogP contribution is -2.21. The van der Waals surface area contributed by atoms with Crippen molar-refractivity contribution >= 4 is 37.6 Å². The molecule has 0 N–H and O–H groups in total. The zero-order valence-corrected chi connectivity index (χ0v) is 12.8. The number of rotatable bonds is 4. The number of aromatic nitrogens is 1. The van der Waals surface area contributed by atoms with Crippen LogP contribution in [0.4, 0.5) is 0 Å². The minimum Gasteiger partial charge on any atom is -0.308 e. The van der Waals surface area contributed by atoms with Crippen molar-refractivity contribution in [3.63, 3.8) is 0 Å². The van der Waals surface area contributed by atoms with Crippen molar-refractivity contribution in [3.8, 4) is 0 Å². The van der Waals surface area contributed by atoms with Gasteiger partial charge in [-0.05, 0) is 30.4 Å². The summed E-state index contributed by atoms with van der Waals surface area (Å²) in [6.45, 7) is 0.774. The lowest BCUT2D eigenvalue weighted by Gasteiger charge is -2.12. The Morgan fingerprint density at radius 3 is 2.25 bits per heavy atom. The van der Waals surface area contributed by atoms with E-state index >= 15 is 0 Å². The Bertz CT molecular complexity index is 807. The lowest BCUT2D eigenvalue weighted by molar-refractivity contribution is 0.639. The van der Waals surface area contributed by atoms with Crippen molar-refractivity contribution in [2.24, 2.45) is 0 Å². The van der Waals surface area contributed by atoms with Crippen molar-refractivity contribution in [1.29, 1.82) is 0 Å². The van der Waals surface area contributed by atoms with E-state index in [4.69, 9.17) is 0 Å². The van der Waals surface area contributed by atoms with Crippen LogP contribution in [0.25, 0.3) is 21.7 Å². The second-order valence-electron chi connectivity index (χ2n) is 4.92. The van der Waals surface area contributed by atoms with Crippen molar-refractivity contribution in [2.75, 3.05) is 5.33 Å².